The second kappa shape index (κ2) is 2.10. The van der Waals surface area contributed by atoms with Crippen molar-refractivity contribution in [1.29, 1.82) is 5.26 Å². The number of alkyl halides is 2. The van der Waals surface area contributed by atoms with Gasteiger partial charge in [-0.2, -0.15) is 14.0 Å². The molecule has 10 heavy (non-hydrogen) atoms. The van der Waals surface area contributed by atoms with E-state index in [0.717, 1.165) is 6.07 Å². The smallest absolute Gasteiger partial charge is 0.359 e. The number of nitrogens with zero attached hydrogens (tertiary/aromatic N) is 1. The Morgan fingerprint density at radius 3 is 2.70 bits per heavy atom. The molecular formula is C6H4F2N2. The Balaban J connectivity index is 2.99. The molecule has 1 heterocycles. The van der Waals surface area contributed by atoms with E-state index in [0.29, 0.717) is 0 Å². The molecule has 0 unspecified atom stereocenters. The van der Waals surface area contributed by atoms with E-state index >= 15 is 0 Å². The number of rotatable bonds is 1. The summed E-state index contributed by atoms with van der Waals surface area (Å²) < 4.78 is 24.7. The SMILES string of the molecule is N#CC(F)(F)c1ccc[nH]1. The van der Waals surface area contributed by atoms with Crippen molar-refractivity contribution in [3.8, 4) is 6.07 Å². The highest BCUT2D eigenvalue weighted by molar-refractivity contribution is 5.17. The average Bonchev–Trinajstić information content (AvgIpc) is 2.38. The molecule has 0 aliphatic rings. The summed E-state index contributed by atoms with van der Waals surface area (Å²) in [5.74, 6) is -3.39. The molecule has 0 amide bonds. The minimum atomic E-state index is -3.39. The monoisotopic (exact) mass is 142 g/mol. The zero-order valence-corrected chi connectivity index (χ0v) is 4.94. The van der Waals surface area contributed by atoms with Gasteiger partial charge in [0.15, 0.2) is 0 Å². The van der Waals surface area contributed by atoms with Crippen molar-refractivity contribution >= 4 is 0 Å². The molecule has 1 aromatic rings. The van der Waals surface area contributed by atoms with Crippen LogP contribution in [0.3, 0.4) is 0 Å². The van der Waals surface area contributed by atoms with Crippen LogP contribution in [-0.4, -0.2) is 4.98 Å². The van der Waals surface area contributed by atoms with Crippen molar-refractivity contribution < 1.29 is 8.78 Å². The van der Waals surface area contributed by atoms with Gasteiger partial charge >= 0.3 is 5.92 Å². The minimum absolute atomic E-state index is 0.366. The summed E-state index contributed by atoms with van der Waals surface area (Å²) in [5.41, 5.74) is -0.366. The first-order valence-corrected chi connectivity index (χ1v) is 2.60. The topological polar surface area (TPSA) is 39.6 Å². The molecule has 0 radical (unpaired) electrons. The zero-order chi connectivity index (χ0) is 7.61. The van der Waals surface area contributed by atoms with Crippen LogP contribution in [0, 0.1) is 11.3 Å². The predicted molar refractivity (Wildman–Crippen MR) is 30.3 cm³/mol. The van der Waals surface area contributed by atoms with Gasteiger partial charge in [0.25, 0.3) is 0 Å². The van der Waals surface area contributed by atoms with Gasteiger partial charge in [-0.05, 0) is 12.1 Å². The number of halogens is 2. The number of hydrogen-bond acceptors (Lipinski definition) is 1. The van der Waals surface area contributed by atoms with Crippen molar-refractivity contribution in [2.75, 3.05) is 0 Å². The lowest BCUT2D eigenvalue weighted by Crippen LogP contribution is -2.09. The van der Waals surface area contributed by atoms with E-state index in [1.54, 1.807) is 0 Å². The van der Waals surface area contributed by atoms with Crippen LogP contribution in [0.15, 0.2) is 18.3 Å². The third-order valence-corrected chi connectivity index (χ3v) is 1.08. The molecule has 1 rings (SSSR count). The normalized spacial score (nSPS) is 10.9. The quantitative estimate of drug-likeness (QED) is 0.635. The van der Waals surface area contributed by atoms with E-state index in [1.807, 2.05) is 0 Å². The van der Waals surface area contributed by atoms with Crippen LogP contribution in [0.1, 0.15) is 5.69 Å². The molecule has 0 atom stereocenters. The molecule has 1 N–H and O–H groups in total. The van der Waals surface area contributed by atoms with E-state index in [9.17, 15) is 8.78 Å². The fourth-order valence-electron chi connectivity index (χ4n) is 0.586. The third-order valence-electron chi connectivity index (χ3n) is 1.08. The second-order valence-corrected chi connectivity index (χ2v) is 1.77. The van der Waals surface area contributed by atoms with E-state index < -0.39 is 5.92 Å². The first kappa shape index (κ1) is 6.75. The van der Waals surface area contributed by atoms with Crippen molar-refractivity contribution in [1.82, 2.24) is 4.98 Å². The molecule has 0 fully saturated rings. The molecule has 52 valence electrons. The highest BCUT2D eigenvalue weighted by atomic mass is 19.3. The van der Waals surface area contributed by atoms with Crippen molar-refractivity contribution in [2.45, 2.75) is 5.92 Å². The first-order chi connectivity index (χ1) is 4.67. The molecule has 0 saturated carbocycles. The van der Waals surface area contributed by atoms with Crippen LogP contribution in [0.5, 0.6) is 0 Å². The Morgan fingerprint density at radius 1 is 1.60 bits per heavy atom. The standard InChI is InChI=1S/C6H4F2N2/c7-6(8,4-9)5-2-1-3-10-5/h1-3,10H. The summed E-state index contributed by atoms with van der Waals surface area (Å²) in [6.07, 6.45) is 1.35. The van der Waals surface area contributed by atoms with Crippen LogP contribution in [0.2, 0.25) is 0 Å². The highest BCUT2D eigenvalue weighted by Gasteiger charge is 2.31. The van der Waals surface area contributed by atoms with Gasteiger partial charge in [0.1, 0.15) is 11.8 Å². The largest absolute Gasteiger partial charge is 0.371 e. The van der Waals surface area contributed by atoms with Gasteiger partial charge in [0.2, 0.25) is 0 Å². The summed E-state index contributed by atoms with van der Waals surface area (Å²) in [6.45, 7) is 0. The van der Waals surface area contributed by atoms with Crippen LogP contribution < -0.4 is 0 Å². The van der Waals surface area contributed by atoms with Gasteiger partial charge in [-0.3, -0.25) is 0 Å². The summed E-state index contributed by atoms with van der Waals surface area (Å²) in [4.78, 5) is 2.26. The number of aromatic nitrogens is 1. The molecule has 0 bridgehead atoms. The lowest BCUT2D eigenvalue weighted by atomic mass is 10.3. The Kier molecular flexibility index (Phi) is 1.42. The molecule has 0 spiro atoms. The van der Waals surface area contributed by atoms with Crippen molar-refractivity contribution in [2.24, 2.45) is 0 Å². The number of hydrogen-bond donors (Lipinski definition) is 1. The van der Waals surface area contributed by atoms with Crippen molar-refractivity contribution in [3.63, 3.8) is 0 Å². The minimum Gasteiger partial charge on any atom is -0.359 e. The first-order valence-electron chi connectivity index (χ1n) is 2.60. The molecule has 0 aliphatic carbocycles. The lowest BCUT2D eigenvalue weighted by Gasteiger charge is -2.01. The van der Waals surface area contributed by atoms with Gasteiger partial charge in [-0.1, -0.05) is 0 Å². The maximum atomic E-state index is 12.3. The van der Waals surface area contributed by atoms with Gasteiger partial charge in [-0.15, -0.1) is 0 Å². The zero-order valence-electron chi connectivity index (χ0n) is 4.94. The van der Waals surface area contributed by atoms with Crippen LogP contribution >= 0.6 is 0 Å². The Labute approximate surface area is 56.1 Å². The predicted octanol–water partition coefficient (Wildman–Crippen LogP) is 1.63. The highest BCUT2D eigenvalue weighted by Crippen LogP contribution is 2.24. The Morgan fingerprint density at radius 2 is 2.30 bits per heavy atom. The van der Waals surface area contributed by atoms with Crippen LogP contribution in [0.4, 0.5) is 8.78 Å². The fourth-order valence-corrected chi connectivity index (χ4v) is 0.586. The number of aromatic amines is 1. The average molecular weight is 142 g/mol. The molecule has 0 aromatic carbocycles. The molecule has 4 heteroatoms. The second-order valence-electron chi connectivity index (χ2n) is 1.77. The number of nitrogens with one attached hydrogen (secondary N) is 1. The third kappa shape index (κ3) is 0.982. The maximum Gasteiger partial charge on any atom is 0.371 e. The molecule has 0 saturated heterocycles. The molecule has 0 aliphatic heterocycles. The molecule has 1 aromatic heterocycles. The Bertz CT molecular complexity index is 245. The summed E-state index contributed by atoms with van der Waals surface area (Å²) >= 11 is 0. The van der Waals surface area contributed by atoms with Crippen molar-refractivity contribution in [3.05, 3.63) is 24.0 Å². The van der Waals surface area contributed by atoms with Gasteiger partial charge in [0.05, 0.1) is 0 Å². The van der Waals surface area contributed by atoms with E-state index in [-0.39, 0.29) is 5.69 Å². The Hall–Kier alpha value is -1.37. The van der Waals surface area contributed by atoms with E-state index in [2.05, 4.69) is 4.98 Å². The van der Waals surface area contributed by atoms with Crippen LogP contribution in [0.25, 0.3) is 0 Å². The number of H-pyrrole nitrogens is 1. The molecular weight excluding hydrogens is 138 g/mol. The van der Waals surface area contributed by atoms with Crippen LogP contribution in [-0.2, 0) is 5.92 Å². The maximum absolute atomic E-state index is 12.3. The lowest BCUT2D eigenvalue weighted by molar-refractivity contribution is 0.0569. The summed E-state index contributed by atoms with van der Waals surface area (Å²) in [7, 11) is 0. The van der Waals surface area contributed by atoms with Gasteiger partial charge < -0.3 is 4.98 Å². The summed E-state index contributed by atoms with van der Waals surface area (Å²) in [5, 5.41) is 7.95. The van der Waals surface area contributed by atoms with E-state index in [4.69, 9.17) is 5.26 Å². The fraction of sp³-hybridized carbons (Fsp3) is 0.167. The summed E-state index contributed by atoms with van der Waals surface area (Å²) in [6, 6.07) is 3.47. The van der Waals surface area contributed by atoms with E-state index in [1.165, 1.54) is 18.3 Å². The number of nitriles is 1. The molecule has 2 nitrogen and oxygen atoms in total. The van der Waals surface area contributed by atoms with Gasteiger partial charge in [-0.25, -0.2) is 0 Å². The van der Waals surface area contributed by atoms with Gasteiger partial charge in [0, 0.05) is 6.20 Å².